The predicted molar refractivity (Wildman–Crippen MR) is 175 cm³/mol. The van der Waals surface area contributed by atoms with Gasteiger partial charge in [0.1, 0.15) is 18.3 Å². The van der Waals surface area contributed by atoms with E-state index < -0.39 is 74.3 Å². The first-order chi connectivity index (χ1) is 16.5. The number of rotatable bonds is 16. The fraction of sp³-hybridized carbons (Fsp3) is 0.917. The first-order valence-corrected chi connectivity index (χ1v) is 34.1. The molecule has 0 aromatic heterocycles. The van der Waals surface area contributed by atoms with Crippen LogP contribution in [0.5, 0.6) is 0 Å². The number of hydrogen-bond acceptors (Lipinski definition) is 8. The third kappa shape index (κ3) is 19.2. The highest BCUT2D eigenvalue weighted by molar-refractivity contribution is 6.72. The largest absolute Gasteiger partial charge is 0.518 e. The zero-order valence-electron chi connectivity index (χ0n) is 27.7. The minimum Gasteiger partial charge on any atom is -0.518 e. The summed E-state index contributed by atoms with van der Waals surface area (Å²) < 4.78 is 38.8. The highest BCUT2D eigenvalue weighted by atomic mass is 28.4. The molecule has 14 heteroatoms. The van der Waals surface area contributed by atoms with Crippen LogP contribution in [0.15, 0.2) is 5.16 Å². The van der Waals surface area contributed by atoms with Crippen LogP contribution in [0.2, 0.25) is 118 Å². The molecule has 226 valence electrons. The molecule has 0 bridgehead atoms. The van der Waals surface area contributed by atoms with E-state index in [1.54, 1.807) is 6.21 Å². The summed E-state index contributed by atoms with van der Waals surface area (Å²) in [4.78, 5) is 13.8. The second-order valence-corrected chi connectivity index (χ2v) is 42.4. The lowest BCUT2D eigenvalue weighted by molar-refractivity contribution is -0.153. The Morgan fingerprint density at radius 3 is 1.26 bits per heavy atom. The van der Waals surface area contributed by atoms with Gasteiger partial charge in [-0.1, -0.05) is 0 Å². The monoisotopic (exact) mass is 641 g/mol. The number of oxime groups is 1. The maximum absolute atomic E-state index is 13.8. The van der Waals surface area contributed by atoms with Crippen LogP contribution in [0, 0.1) is 0 Å². The number of hydrogen-bond donors (Lipinski definition) is 0. The lowest BCUT2D eigenvalue weighted by Crippen LogP contribution is -2.61. The Morgan fingerprint density at radius 1 is 0.526 bits per heavy atom. The smallest absolute Gasteiger partial charge is 0.323 e. The Hall–Kier alpha value is 0.0813. The van der Waals surface area contributed by atoms with Crippen LogP contribution in [-0.4, -0.2) is 86.5 Å². The van der Waals surface area contributed by atoms with Crippen LogP contribution in [0.3, 0.4) is 0 Å². The lowest BCUT2D eigenvalue weighted by Gasteiger charge is -2.44. The molecule has 0 saturated heterocycles. The van der Waals surface area contributed by atoms with E-state index in [4.69, 9.17) is 26.7 Å². The van der Waals surface area contributed by atoms with Crippen LogP contribution in [-0.2, 0) is 31.5 Å². The Labute approximate surface area is 240 Å². The zero-order valence-corrected chi connectivity index (χ0v) is 33.7. The number of nitrogens with zero attached hydrogens (tertiary/aromatic N) is 1. The SMILES string of the molecule is C[Si](C)(C)ON=CC(O[Si](C)(C)C)C(O[Si](C)(C)C)C(O[Si](C)(C)C)C(O[Si](C)(C)C)C(=O)O[Si](C)(C)C. The van der Waals surface area contributed by atoms with E-state index in [0.717, 1.165) is 0 Å². The molecular weight excluding hydrogens is 583 g/mol. The Bertz CT molecular complexity index is 772. The van der Waals surface area contributed by atoms with Gasteiger partial charge in [0, 0.05) is 0 Å². The Kier molecular flexibility index (Phi) is 13.9. The van der Waals surface area contributed by atoms with E-state index in [0.29, 0.717) is 0 Å². The third-order valence-corrected chi connectivity index (χ3v) is 9.43. The highest BCUT2D eigenvalue weighted by Gasteiger charge is 2.48. The topological polar surface area (TPSA) is 84.8 Å². The van der Waals surface area contributed by atoms with Gasteiger partial charge in [0.05, 0.1) is 6.21 Å². The minimum absolute atomic E-state index is 0.388. The zero-order chi connectivity index (χ0) is 30.5. The minimum atomic E-state index is -2.21. The van der Waals surface area contributed by atoms with Crippen molar-refractivity contribution in [1.82, 2.24) is 0 Å². The second kappa shape index (κ2) is 13.8. The summed E-state index contributed by atoms with van der Waals surface area (Å²) >= 11 is 0. The quantitative estimate of drug-likeness (QED) is 0.101. The van der Waals surface area contributed by atoms with Gasteiger partial charge < -0.3 is 26.7 Å². The Balaban J connectivity index is 7.13. The van der Waals surface area contributed by atoms with Gasteiger partial charge >= 0.3 is 5.97 Å². The van der Waals surface area contributed by atoms with Gasteiger partial charge in [-0.25, -0.2) is 0 Å². The van der Waals surface area contributed by atoms with Crippen molar-refractivity contribution in [3.8, 4) is 0 Å². The number of carbonyl (C=O) groups is 1. The van der Waals surface area contributed by atoms with Crippen molar-refractivity contribution in [2.45, 2.75) is 142 Å². The maximum Gasteiger partial charge on any atom is 0.323 e. The molecule has 4 unspecified atom stereocenters. The molecule has 0 heterocycles. The molecule has 0 rings (SSSR count). The van der Waals surface area contributed by atoms with Gasteiger partial charge in [-0.2, -0.15) is 0 Å². The van der Waals surface area contributed by atoms with E-state index in [9.17, 15) is 4.79 Å². The van der Waals surface area contributed by atoms with Crippen LogP contribution < -0.4 is 0 Å². The molecule has 0 N–H and O–H groups in total. The molecular formula is C24H59NO7Si6. The van der Waals surface area contributed by atoms with Gasteiger partial charge in [0.2, 0.25) is 8.32 Å². The van der Waals surface area contributed by atoms with Crippen molar-refractivity contribution in [3.63, 3.8) is 0 Å². The van der Waals surface area contributed by atoms with E-state index in [1.807, 2.05) is 19.6 Å². The Morgan fingerprint density at radius 2 is 0.921 bits per heavy atom. The molecule has 0 aliphatic rings. The molecule has 0 saturated carbocycles. The predicted octanol–water partition coefficient (Wildman–Crippen LogP) is 7.08. The molecule has 38 heavy (non-hydrogen) atoms. The summed E-state index contributed by atoms with van der Waals surface area (Å²) in [5, 5.41) is 4.38. The second-order valence-electron chi connectivity index (χ2n) is 15.7. The van der Waals surface area contributed by atoms with Crippen LogP contribution in [0.1, 0.15) is 0 Å². The van der Waals surface area contributed by atoms with E-state index in [1.165, 1.54) is 0 Å². The van der Waals surface area contributed by atoms with Crippen molar-refractivity contribution in [3.05, 3.63) is 0 Å². The first-order valence-electron chi connectivity index (χ1n) is 13.6. The summed E-state index contributed by atoms with van der Waals surface area (Å²) in [6, 6.07) is 0. The van der Waals surface area contributed by atoms with Crippen molar-refractivity contribution in [1.29, 1.82) is 0 Å². The van der Waals surface area contributed by atoms with Crippen molar-refractivity contribution < 1.29 is 31.5 Å². The van der Waals surface area contributed by atoms with Gasteiger partial charge in [0.25, 0.3) is 8.32 Å². The van der Waals surface area contributed by atoms with Crippen molar-refractivity contribution in [2.24, 2.45) is 5.16 Å². The fourth-order valence-electron chi connectivity index (χ4n) is 3.27. The highest BCUT2D eigenvalue weighted by Crippen LogP contribution is 2.29. The standard InChI is InChI=1S/C24H59NO7Si6/c1-33(2,3)27-20(19-25-32-38(16,17)18)21(28-34(4,5)6)22(29-35(7,8)9)23(30-36(10,11)12)24(26)31-37(13,14)15/h19-23H,1-18H3. The van der Waals surface area contributed by atoms with Crippen LogP contribution in [0.4, 0.5) is 0 Å². The summed E-state index contributed by atoms with van der Waals surface area (Å²) in [6.45, 7) is 37.5. The maximum atomic E-state index is 13.8. The summed E-state index contributed by atoms with van der Waals surface area (Å²) in [5.74, 6) is -0.388. The summed E-state index contributed by atoms with van der Waals surface area (Å²) in [7, 11) is -12.8. The average molecular weight is 642 g/mol. The average Bonchev–Trinajstić information content (AvgIpc) is 2.55. The first kappa shape index (κ1) is 38.1. The van der Waals surface area contributed by atoms with Crippen molar-refractivity contribution in [2.75, 3.05) is 0 Å². The normalized spacial score (nSPS) is 17.7. The molecule has 0 aromatic rings. The molecule has 0 fully saturated rings. The molecule has 0 aliphatic heterocycles. The van der Waals surface area contributed by atoms with Crippen LogP contribution >= 0.6 is 0 Å². The molecule has 0 aromatic carbocycles. The van der Waals surface area contributed by atoms with E-state index in [-0.39, 0.29) is 5.97 Å². The molecule has 0 radical (unpaired) electrons. The molecule has 0 aliphatic carbocycles. The van der Waals surface area contributed by atoms with Crippen LogP contribution in [0.25, 0.3) is 0 Å². The summed E-state index contributed by atoms with van der Waals surface area (Å²) in [5.41, 5.74) is 0. The molecule has 0 spiro atoms. The van der Waals surface area contributed by atoms with Gasteiger partial charge in [-0.05, 0) is 118 Å². The third-order valence-electron chi connectivity index (χ3n) is 4.07. The van der Waals surface area contributed by atoms with Gasteiger partial charge in [-0.3, -0.25) is 4.79 Å². The van der Waals surface area contributed by atoms with Crippen molar-refractivity contribution >= 4 is 62.1 Å². The lowest BCUT2D eigenvalue weighted by atomic mass is 10.0. The van der Waals surface area contributed by atoms with E-state index >= 15 is 0 Å². The summed E-state index contributed by atoms with van der Waals surface area (Å²) in [6.07, 6.45) is -1.19. The van der Waals surface area contributed by atoms with Gasteiger partial charge in [-0.15, -0.1) is 5.16 Å². The molecule has 8 nitrogen and oxygen atoms in total. The van der Waals surface area contributed by atoms with Gasteiger partial charge in [0.15, 0.2) is 39.4 Å². The molecule has 4 atom stereocenters. The number of carbonyl (C=O) groups excluding carboxylic acids is 1. The fourth-order valence-corrected chi connectivity index (χ4v) is 8.53. The molecule has 0 amide bonds. The van der Waals surface area contributed by atoms with E-state index in [2.05, 4.69) is 103 Å².